The first kappa shape index (κ1) is 21.5. The van der Waals surface area contributed by atoms with Gasteiger partial charge < -0.3 is 9.05 Å². The summed E-state index contributed by atoms with van der Waals surface area (Å²) in [5.74, 6) is 0. The predicted molar refractivity (Wildman–Crippen MR) is 92.5 cm³/mol. The fraction of sp³-hybridized carbons (Fsp3) is 0.538. The molecule has 0 saturated carbocycles. The highest BCUT2D eigenvalue weighted by Gasteiger charge is 2.32. The minimum atomic E-state index is -4.43. The van der Waals surface area contributed by atoms with Gasteiger partial charge in [-0.15, -0.1) is 0 Å². The van der Waals surface area contributed by atoms with Gasteiger partial charge in [-0.2, -0.15) is 13.2 Å². The molecule has 1 unspecified atom stereocenters. The molecule has 10 heteroatoms. The first-order valence-corrected chi connectivity index (χ1v) is 10.4. The van der Waals surface area contributed by atoms with E-state index in [1.807, 2.05) is 6.92 Å². The molecule has 0 heterocycles. The predicted octanol–water partition coefficient (Wildman–Crippen LogP) is 5.84. The van der Waals surface area contributed by atoms with Crippen molar-refractivity contribution in [3.8, 4) is 0 Å². The summed E-state index contributed by atoms with van der Waals surface area (Å²) in [6, 6.07) is 4.35. The van der Waals surface area contributed by atoms with E-state index >= 15 is 0 Å². The van der Waals surface area contributed by atoms with Crippen molar-refractivity contribution < 1.29 is 22.2 Å². The van der Waals surface area contributed by atoms with Crippen LogP contribution in [-0.4, -0.2) is 17.0 Å². The van der Waals surface area contributed by atoms with E-state index in [9.17, 15) is 13.2 Å². The molecule has 0 aliphatic rings. The summed E-state index contributed by atoms with van der Waals surface area (Å²) >= 11 is 22.3. The molecular weight excluding hydrogens is 415 g/mol. The Balaban J connectivity index is 3.00. The Morgan fingerprint density at radius 3 is 2.09 bits per heavy atom. The zero-order chi connectivity index (χ0) is 17.7. The standard InChI is InChI=1S/C13H15Cl3F3O2PS/c1-2-3-8-20-22(23,21-9-12(14,15)16)11-6-4-10(5-7-11)13(17,18)19/h4-7H,2-3,8-9H2,1H3. The summed E-state index contributed by atoms with van der Waals surface area (Å²) < 4.78 is 47.3. The quantitative estimate of drug-likeness (QED) is 0.308. The van der Waals surface area contributed by atoms with Gasteiger partial charge in [-0.25, -0.2) is 0 Å². The Hall–Kier alpha value is 0.450. The van der Waals surface area contributed by atoms with Crippen LogP contribution in [0.2, 0.25) is 0 Å². The molecule has 0 aliphatic heterocycles. The second-order valence-corrected chi connectivity index (χ2v) is 10.6. The topological polar surface area (TPSA) is 18.5 Å². The van der Waals surface area contributed by atoms with Crippen LogP contribution in [0.4, 0.5) is 13.2 Å². The minimum Gasteiger partial charge on any atom is -0.326 e. The van der Waals surface area contributed by atoms with E-state index in [4.69, 9.17) is 55.7 Å². The average Bonchev–Trinajstić information content (AvgIpc) is 2.44. The number of benzene rings is 1. The number of hydrogen-bond acceptors (Lipinski definition) is 3. The molecule has 0 N–H and O–H groups in total. The maximum Gasteiger partial charge on any atom is 0.416 e. The summed E-state index contributed by atoms with van der Waals surface area (Å²) in [6.45, 7) is -1.10. The minimum absolute atomic E-state index is 0.314. The van der Waals surface area contributed by atoms with Crippen LogP contribution in [0, 0.1) is 0 Å². The van der Waals surface area contributed by atoms with Crippen LogP contribution < -0.4 is 5.30 Å². The molecule has 1 aromatic carbocycles. The first-order valence-electron chi connectivity index (χ1n) is 6.61. The third-order valence-electron chi connectivity index (χ3n) is 2.67. The molecule has 132 valence electrons. The number of halogens is 6. The maximum absolute atomic E-state index is 12.6. The van der Waals surface area contributed by atoms with Gasteiger partial charge in [0.15, 0.2) is 0 Å². The fourth-order valence-electron chi connectivity index (χ4n) is 1.51. The Morgan fingerprint density at radius 1 is 1.09 bits per heavy atom. The normalized spacial score (nSPS) is 15.4. The monoisotopic (exact) mass is 428 g/mol. The fourth-order valence-corrected chi connectivity index (χ4v) is 4.27. The lowest BCUT2D eigenvalue weighted by Gasteiger charge is -2.25. The highest BCUT2D eigenvalue weighted by Crippen LogP contribution is 2.49. The van der Waals surface area contributed by atoms with Crippen LogP contribution in [0.5, 0.6) is 0 Å². The summed E-state index contributed by atoms with van der Waals surface area (Å²) in [5, 5.41) is 0.339. The number of alkyl halides is 6. The van der Waals surface area contributed by atoms with Crippen molar-refractivity contribution in [2.75, 3.05) is 13.2 Å². The average molecular weight is 430 g/mol. The van der Waals surface area contributed by atoms with E-state index in [1.54, 1.807) is 0 Å². The molecule has 23 heavy (non-hydrogen) atoms. The zero-order valence-corrected chi connectivity index (χ0v) is 16.1. The molecule has 1 aromatic rings. The van der Waals surface area contributed by atoms with Gasteiger partial charge >= 0.3 is 6.18 Å². The Morgan fingerprint density at radius 2 is 1.65 bits per heavy atom. The van der Waals surface area contributed by atoms with Gasteiger partial charge in [0.2, 0.25) is 10.3 Å². The van der Waals surface area contributed by atoms with Crippen molar-refractivity contribution >= 4 is 58.4 Å². The van der Waals surface area contributed by atoms with Gasteiger partial charge in [0.05, 0.1) is 12.2 Å². The highest BCUT2D eigenvalue weighted by atomic mass is 35.6. The largest absolute Gasteiger partial charge is 0.416 e. The first-order chi connectivity index (χ1) is 10.5. The third kappa shape index (κ3) is 7.47. The molecule has 2 nitrogen and oxygen atoms in total. The number of rotatable bonds is 7. The Bertz CT molecular complexity index is 547. The van der Waals surface area contributed by atoms with Gasteiger partial charge in [0.1, 0.15) is 6.61 Å². The smallest absolute Gasteiger partial charge is 0.326 e. The summed E-state index contributed by atoms with van der Waals surface area (Å²) in [6.07, 6.45) is -2.83. The number of unbranched alkanes of at least 4 members (excludes halogenated alkanes) is 1. The van der Waals surface area contributed by atoms with Crippen LogP contribution in [0.25, 0.3) is 0 Å². The van der Waals surface area contributed by atoms with Crippen molar-refractivity contribution in [2.45, 2.75) is 29.7 Å². The summed E-state index contributed by atoms with van der Waals surface area (Å²) in [5.41, 5.74) is -0.780. The second kappa shape index (κ2) is 8.70. The van der Waals surface area contributed by atoms with Crippen LogP contribution in [0.15, 0.2) is 24.3 Å². The van der Waals surface area contributed by atoms with Gasteiger partial charge in [-0.3, -0.25) is 0 Å². The van der Waals surface area contributed by atoms with Gasteiger partial charge in [-0.05, 0) is 42.5 Å². The second-order valence-electron chi connectivity index (χ2n) is 4.62. The molecule has 0 saturated heterocycles. The van der Waals surface area contributed by atoms with Crippen LogP contribution in [-0.2, 0) is 27.0 Å². The van der Waals surface area contributed by atoms with Crippen LogP contribution in [0.1, 0.15) is 25.3 Å². The summed E-state index contributed by atoms with van der Waals surface area (Å²) in [4.78, 5) is 0. The molecule has 0 fully saturated rings. The lowest BCUT2D eigenvalue weighted by atomic mass is 10.2. The molecule has 0 amide bonds. The summed E-state index contributed by atoms with van der Waals surface area (Å²) in [7, 11) is 0. The molecule has 0 aliphatic carbocycles. The van der Waals surface area contributed by atoms with E-state index < -0.39 is 22.0 Å². The molecule has 0 radical (unpaired) electrons. The van der Waals surface area contributed by atoms with Gasteiger partial charge in [0.25, 0.3) is 0 Å². The van der Waals surface area contributed by atoms with Crippen molar-refractivity contribution in [3.63, 3.8) is 0 Å². The SMILES string of the molecule is CCCCOP(=S)(OCC(Cl)(Cl)Cl)c1ccc(C(F)(F)F)cc1. The molecule has 0 aromatic heterocycles. The number of hydrogen-bond donors (Lipinski definition) is 0. The van der Waals surface area contributed by atoms with Crippen LogP contribution >= 0.6 is 41.3 Å². The van der Waals surface area contributed by atoms with Crippen molar-refractivity contribution in [3.05, 3.63) is 29.8 Å². The lowest BCUT2D eigenvalue weighted by Crippen LogP contribution is -2.18. The molecule has 1 atom stereocenters. The Kier molecular flexibility index (Phi) is 8.13. The molecule has 1 rings (SSSR count). The highest BCUT2D eigenvalue weighted by molar-refractivity contribution is 8.13. The molecular formula is C13H15Cl3F3O2PS. The molecule has 0 bridgehead atoms. The van der Waals surface area contributed by atoms with E-state index in [2.05, 4.69) is 0 Å². The van der Waals surface area contributed by atoms with Crippen molar-refractivity contribution in [1.29, 1.82) is 0 Å². The lowest BCUT2D eigenvalue weighted by molar-refractivity contribution is -0.137. The van der Waals surface area contributed by atoms with Crippen LogP contribution in [0.3, 0.4) is 0 Å². The molecule has 0 spiro atoms. The van der Waals surface area contributed by atoms with Crippen molar-refractivity contribution in [2.24, 2.45) is 0 Å². The van der Waals surface area contributed by atoms with Crippen molar-refractivity contribution in [1.82, 2.24) is 0 Å². The van der Waals surface area contributed by atoms with E-state index in [1.165, 1.54) is 12.1 Å². The third-order valence-corrected chi connectivity index (χ3v) is 6.18. The maximum atomic E-state index is 12.6. The Labute approximate surface area is 153 Å². The van der Waals surface area contributed by atoms with E-state index in [0.29, 0.717) is 11.9 Å². The zero-order valence-electron chi connectivity index (χ0n) is 12.1. The van der Waals surface area contributed by atoms with E-state index in [-0.39, 0.29) is 6.61 Å². The van der Waals surface area contributed by atoms with Gasteiger partial charge in [-0.1, -0.05) is 48.1 Å². The van der Waals surface area contributed by atoms with Gasteiger partial charge in [0, 0.05) is 5.30 Å². The van der Waals surface area contributed by atoms with E-state index in [0.717, 1.165) is 25.0 Å².